The van der Waals surface area contributed by atoms with Crippen LogP contribution in [0.5, 0.6) is 0 Å². The van der Waals surface area contributed by atoms with Gasteiger partial charge in [0.1, 0.15) is 0 Å². The second-order valence-corrected chi connectivity index (χ2v) is 3.25. The molecule has 74 valence electrons. The van der Waals surface area contributed by atoms with E-state index in [1.165, 1.54) is 12.1 Å². The van der Waals surface area contributed by atoms with E-state index < -0.39 is 12.1 Å². The second kappa shape index (κ2) is 4.10. The van der Waals surface area contributed by atoms with Crippen molar-refractivity contribution in [1.29, 1.82) is 0 Å². The number of benzene rings is 1. The normalized spacial score (nSPS) is 9.50. The van der Waals surface area contributed by atoms with E-state index in [0.29, 0.717) is 4.47 Å². The van der Waals surface area contributed by atoms with Gasteiger partial charge < -0.3 is 10.2 Å². The topological polar surface area (TPSA) is 86.6 Å². The first-order valence-electron chi connectivity index (χ1n) is 3.54. The van der Waals surface area contributed by atoms with Gasteiger partial charge in [0.25, 0.3) is 0 Å². The molecule has 0 fully saturated rings. The fourth-order valence-corrected chi connectivity index (χ4v) is 1.50. The van der Waals surface area contributed by atoms with Gasteiger partial charge in [0, 0.05) is 4.47 Å². The van der Waals surface area contributed by atoms with E-state index in [1.54, 1.807) is 6.07 Å². The van der Waals surface area contributed by atoms with Crippen molar-refractivity contribution < 1.29 is 19.8 Å². The lowest BCUT2D eigenvalue weighted by molar-refractivity contribution is 0.0697. The third kappa shape index (κ3) is 2.23. The van der Waals surface area contributed by atoms with Gasteiger partial charge in [0.15, 0.2) is 0 Å². The van der Waals surface area contributed by atoms with E-state index in [1.807, 2.05) is 5.32 Å². The Balaban J connectivity index is 3.21. The summed E-state index contributed by atoms with van der Waals surface area (Å²) in [5, 5.41) is 19.2. The van der Waals surface area contributed by atoms with E-state index >= 15 is 0 Å². The van der Waals surface area contributed by atoms with Crippen LogP contribution in [0.4, 0.5) is 10.5 Å². The Morgan fingerprint density at radius 1 is 1.29 bits per heavy atom. The van der Waals surface area contributed by atoms with Gasteiger partial charge in [-0.05, 0) is 28.1 Å². The molecule has 0 saturated heterocycles. The number of amides is 1. The average Bonchev–Trinajstić information content (AvgIpc) is 2.01. The van der Waals surface area contributed by atoms with Crippen molar-refractivity contribution in [2.75, 3.05) is 5.32 Å². The third-order valence-electron chi connectivity index (χ3n) is 1.47. The van der Waals surface area contributed by atoms with E-state index in [4.69, 9.17) is 10.2 Å². The van der Waals surface area contributed by atoms with Gasteiger partial charge in [-0.25, -0.2) is 9.59 Å². The Morgan fingerprint density at radius 3 is 2.43 bits per heavy atom. The van der Waals surface area contributed by atoms with Crippen molar-refractivity contribution in [3.05, 3.63) is 28.2 Å². The molecule has 0 saturated carbocycles. The minimum atomic E-state index is -1.30. The molecule has 14 heavy (non-hydrogen) atoms. The number of hydrogen-bond acceptors (Lipinski definition) is 2. The lowest BCUT2D eigenvalue weighted by Gasteiger charge is -2.06. The maximum atomic E-state index is 10.8. The summed E-state index contributed by atoms with van der Waals surface area (Å²) in [5.41, 5.74) is -0.0609. The quantitative estimate of drug-likeness (QED) is 0.760. The predicted octanol–water partition coefficient (Wildman–Crippen LogP) is 2.24. The van der Waals surface area contributed by atoms with E-state index in [2.05, 4.69) is 15.9 Å². The number of carboxylic acids is 1. The van der Waals surface area contributed by atoms with Crippen molar-refractivity contribution in [3.63, 3.8) is 0 Å². The van der Waals surface area contributed by atoms with E-state index in [9.17, 15) is 9.59 Å². The van der Waals surface area contributed by atoms with Crippen LogP contribution >= 0.6 is 15.9 Å². The van der Waals surface area contributed by atoms with E-state index in [0.717, 1.165) is 0 Å². The number of anilines is 1. The molecule has 3 N–H and O–H groups in total. The van der Waals surface area contributed by atoms with Crippen LogP contribution in [0.25, 0.3) is 0 Å². The van der Waals surface area contributed by atoms with E-state index in [-0.39, 0.29) is 11.3 Å². The fraction of sp³-hybridized carbons (Fsp3) is 0. The highest BCUT2D eigenvalue weighted by Crippen LogP contribution is 2.24. The molecule has 1 amide bonds. The maximum absolute atomic E-state index is 10.8. The highest BCUT2D eigenvalue weighted by molar-refractivity contribution is 9.10. The Kier molecular flexibility index (Phi) is 3.08. The molecule has 0 aliphatic heterocycles. The first-order chi connectivity index (χ1) is 6.52. The first kappa shape index (κ1) is 10.5. The number of aromatic carboxylic acids is 1. The van der Waals surface area contributed by atoms with Crippen molar-refractivity contribution in [3.8, 4) is 0 Å². The van der Waals surface area contributed by atoms with Crippen molar-refractivity contribution in [2.45, 2.75) is 0 Å². The van der Waals surface area contributed by atoms with Gasteiger partial charge in [-0.15, -0.1) is 0 Å². The molecule has 1 aromatic carbocycles. The molecule has 1 aromatic rings. The van der Waals surface area contributed by atoms with Crippen LogP contribution in [-0.4, -0.2) is 22.3 Å². The Morgan fingerprint density at radius 2 is 1.93 bits per heavy atom. The predicted molar refractivity (Wildman–Crippen MR) is 52.7 cm³/mol. The van der Waals surface area contributed by atoms with Crippen LogP contribution < -0.4 is 5.32 Å². The summed E-state index contributed by atoms with van der Waals surface area (Å²) in [6, 6.07) is 4.45. The number of carboxylic acid groups (broad SMARTS) is 2. The Labute approximate surface area is 87.5 Å². The summed E-state index contributed by atoms with van der Waals surface area (Å²) in [6.45, 7) is 0. The van der Waals surface area contributed by atoms with Crippen molar-refractivity contribution in [1.82, 2.24) is 0 Å². The summed E-state index contributed by atoms with van der Waals surface area (Å²) in [4.78, 5) is 21.1. The summed E-state index contributed by atoms with van der Waals surface area (Å²) in [7, 11) is 0. The van der Waals surface area contributed by atoms with Gasteiger partial charge >= 0.3 is 12.1 Å². The lowest BCUT2D eigenvalue weighted by atomic mass is 10.2. The minimum absolute atomic E-state index is 0.0411. The van der Waals surface area contributed by atoms with Gasteiger partial charge in [-0.3, -0.25) is 5.32 Å². The number of rotatable bonds is 2. The zero-order valence-electron chi connectivity index (χ0n) is 6.82. The average molecular weight is 260 g/mol. The monoisotopic (exact) mass is 259 g/mol. The third-order valence-corrected chi connectivity index (χ3v) is 2.13. The van der Waals surface area contributed by atoms with Gasteiger partial charge in [0.05, 0.1) is 11.3 Å². The molecule has 0 heterocycles. The molecule has 0 aromatic heterocycles. The molecular formula is C8H6BrNO4. The number of carbonyl (C=O) groups is 2. The lowest BCUT2D eigenvalue weighted by Crippen LogP contribution is -2.12. The fourth-order valence-electron chi connectivity index (χ4n) is 0.961. The molecule has 0 aliphatic carbocycles. The molecule has 0 spiro atoms. The number of nitrogens with one attached hydrogen (secondary N) is 1. The summed E-state index contributed by atoms with van der Waals surface area (Å²) in [5.74, 6) is -1.19. The molecule has 6 heteroatoms. The van der Waals surface area contributed by atoms with Gasteiger partial charge in [-0.1, -0.05) is 6.07 Å². The van der Waals surface area contributed by atoms with Crippen molar-refractivity contribution >= 4 is 33.7 Å². The molecule has 0 radical (unpaired) electrons. The summed E-state index contributed by atoms with van der Waals surface area (Å²) < 4.78 is 0.330. The largest absolute Gasteiger partial charge is 0.478 e. The highest BCUT2D eigenvalue weighted by Gasteiger charge is 2.14. The Bertz CT molecular complexity index is 391. The number of halogens is 1. The molecular weight excluding hydrogens is 254 g/mol. The molecule has 0 unspecified atom stereocenters. The Hall–Kier alpha value is -1.56. The summed E-state index contributed by atoms with van der Waals surface area (Å²) >= 11 is 3.02. The highest BCUT2D eigenvalue weighted by atomic mass is 79.9. The zero-order valence-corrected chi connectivity index (χ0v) is 8.41. The standard InChI is InChI=1S/C8H6BrNO4/c9-4-2-1-3-5(10-8(13)14)6(4)7(11)12/h1-3,10H,(H,11,12)(H,13,14). The first-order valence-corrected chi connectivity index (χ1v) is 4.33. The second-order valence-electron chi connectivity index (χ2n) is 2.40. The summed E-state index contributed by atoms with van der Waals surface area (Å²) in [6.07, 6.45) is -1.30. The minimum Gasteiger partial charge on any atom is -0.478 e. The SMILES string of the molecule is O=C(O)Nc1cccc(Br)c1C(=O)O. The van der Waals surface area contributed by atoms with Gasteiger partial charge in [0.2, 0.25) is 0 Å². The van der Waals surface area contributed by atoms with Crippen LogP contribution in [0, 0.1) is 0 Å². The van der Waals surface area contributed by atoms with Crippen LogP contribution in [0.2, 0.25) is 0 Å². The molecule has 1 rings (SSSR count). The van der Waals surface area contributed by atoms with Crippen molar-refractivity contribution in [2.24, 2.45) is 0 Å². The molecule has 0 atom stereocenters. The zero-order chi connectivity index (χ0) is 10.7. The number of hydrogen-bond donors (Lipinski definition) is 3. The smallest absolute Gasteiger partial charge is 0.409 e. The van der Waals surface area contributed by atoms with Crippen LogP contribution in [0.3, 0.4) is 0 Å². The molecule has 0 aliphatic rings. The van der Waals surface area contributed by atoms with Crippen LogP contribution in [-0.2, 0) is 0 Å². The molecule has 0 bridgehead atoms. The van der Waals surface area contributed by atoms with Crippen LogP contribution in [0.1, 0.15) is 10.4 Å². The molecule has 5 nitrogen and oxygen atoms in total. The maximum Gasteiger partial charge on any atom is 0.409 e. The van der Waals surface area contributed by atoms with Gasteiger partial charge in [-0.2, -0.15) is 0 Å². The van der Waals surface area contributed by atoms with Crippen LogP contribution in [0.15, 0.2) is 22.7 Å².